The van der Waals surface area contributed by atoms with Crippen LogP contribution in [0.1, 0.15) is 12.0 Å². The number of pyridine rings is 1. The number of halogens is 3. The van der Waals surface area contributed by atoms with Crippen molar-refractivity contribution < 1.29 is 26.3 Å². The molecular formula is C23H22F3N3O3S. The molecule has 1 aromatic heterocycles. The lowest BCUT2D eigenvalue weighted by Gasteiger charge is -2.17. The molecule has 6 nitrogen and oxygen atoms in total. The third-order valence-electron chi connectivity index (χ3n) is 5.26. The van der Waals surface area contributed by atoms with Gasteiger partial charge in [0.2, 0.25) is 10.0 Å². The third-order valence-corrected chi connectivity index (χ3v) is 6.78. The summed E-state index contributed by atoms with van der Waals surface area (Å²) in [6, 6.07) is 17.8. The molecule has 2 heterocycles. The van der Waals surface area contributed by atoms with Crippen molar-refractivity contribution in [1.29, 1.82) is 0 Å². The van der Waals surface area contributed by atoms with E-state index in [1.54, 1.807) is 6.20 Å². The molecule has 33 heavy (non-hydrogen) atoms. The van der Waals surface area contributed by atoms with Gasteiger partial charge in [0.15, 0.2) is 0 Å². The second-order valence-electron chi connectivity index (χ2n) is 7.78. The molecule has 0 spiro atoms. The summed E-state index contributed by atoms with van der Waals surface area (Å²) < 4.78 is 69.1. The van der Waals surface area contributed by atoms with Crippen LogP contribution in [0.25, 0.3) is 11.3 Å². The van der Waals surface area contributed by atoms with Crippen LogP contribution in [0.2, 0.25) is 0 Å². The van der Waals surface area contributed by atoms with Gasteiger partial charge >= 0.3 is 6.36 Å². The van der Waals surface area contributed by atoms with Gasteiger partial charge in [-0.15, -0.1) is 13.2 Å². The van der Waals surface area contributed by atoms with E-state index in [1.165, 1.54) is 12.1 Å². The summed E-state index contributed by atoms with van der Waals surface area (Å²) in [7, 11) is -3.99. The molecular weight excluding hydrogens is 455 g/mol. The fourth-order valence-electron chi connectivity index (χ4n) is 3.77. The van der Waals surface area contributed by atoms with Crippen molar-refractivity contribution in [1.82, 2.24) is 14.6 Å². The monoisotopic (exact) mass is 477 g/mol. The van der Waals surface area contributed by atoms with E-state index in [-0.39, 0.29) is 10.9 Å². The number of ether oxygens (including phenoxy) is 1. The highest BCUT2D eigenvalue weighted by Gasteiger charge is 2.32. The van der Waals surface area contributed by atoms with E-state index in [4.69, 9.17) is 0 Å². The molecule has 1 saturated heterocycles. The largest absolute Gasteiger partial charge is 0.573 e. The Morgan fingerprint density at radius 2 is 1.85 bits per heavy atom. The van der Waals surface area contributed by atoms with Crippen molar-refractivity contribution in [3.05, 3.63) is 78.5 Å². The molecule has 1 aliphatic rings. The van der Waals surface area contributed by atoms with E-state index in [0.29, 0.717) is 26.1 Å². The Hall–Kier alpha value is -2.95. The van der Waals surface area contributed by atoms with Crippen molar-refractivity contribution in [2.75, 3.05) is 13.1 Å². The Bertz CT molecular complexity index is 1190. The molecule has 1 atom stereocenters. The predicted molar refractivity (Wildman–Crippen MR) is 117 cm³/mol. The molecule has 4 rings (SSSR count). The minimum absolute atomic E-state index is 0.271. The third kappa shape index (κ3) is 6.31. The lowest BCUT2D eigenvalue weighted by molar-refractivity contribution is -0.274. The van der Waals surface area contributed by atoms with Gasteiger partial charge < -0.3 is 4.74 Å². The maximum absolute atomic E-state index is 12.7. The number of hydrogen-bond donors (Lipinski definition) is 1. The molecule has 10 heteroatoms. The van der Waals surface area contributed by atoms with E-state index in [9.17, 15) is 21.6 Å². The second-order valence-corrected chi connectivity index (χ2v) is 9.49. The molecule has 174 valence electrons. The van der Waals surface area contributed by atoms with Crippen LogP contribution in [0.15, 0.2) is 77.8 Å². The summed E-state index contributed by atoms with van der Waals surface area (Å²) in [5.74, 6) is -0.576. The average Bonchev–Trinajstić information content (AvgIpc) is 3.20. The summed E-state index contributed by atoms with van der Waals surface area (Å²) in [5, 5.41) is 0. The Morgan fingerprint density at radius 1 is 1.06 bits per heavy atom. The zero-order valence-corrected chi connectivity index (χ0v) is 18.3. The lowest BCUT2D eigenvalue weighted by atomic mass is 10.1. The molecule has 1 fully saturated rings. The molecule has 0 unspecified atom stereocenters. The SMILES string of the molecule is O=S(=O)(N[C@@H]1CCN(Cc2ccc(-c3ccccn3)cc2)C1)c1cccc(OC(F)(F)F)c1. The summed E-state index contributed by atoms with van der Waals surface area (Å²) in [6.07, 6.45) is -2.55. The zero-order chi connectivity index (χ0) is 23.5. The van der Waals surface area contributed by atoms with Gasteiger partial charge in [0.25, 0.3) is 0 Å². The van der Waals surface area contributed by atoms with Crippen molar-refractivity contribution in [2.45, 2.75) is 30.3 Å². The van der Waals surface area contributed by atoms with E-state index in [1.807, 2.05) is 42.5 Å². The van der Waals surface area contributed by atoms with E-state index in [0.717, 1.165) is 29.0 Å². The molecule has 0 saturated carbocycles. The standard InChI is InChI=1S/C23H22F3N3O3S/c24-23(25,26)32-20-4-3-5-21(14-20)33(30,31)28-19-11-13-29(16-19)15-17-7-9-18(10-8-17)22-6-1-2-12-27-22/h1-10,12,14,19,28H,11,13,15-16H2/t19-/m1/s1. The topological polar surface area (TPSA) is 71.5 Å². The molecule has 3 aromatic rings. The first-order valence-corrected chi connectivity index (χ1v) is 11.8. The lowest BCUT2D eigenvalue weighted by Crippen LogP contribution is -2.37. The molecule has 0 amide bonds. The molecule has 0 radical (unpaired) electrons. The van der Waals surface area contributed by atoms with E-state index in [2.05, 4.69) is 19.3 Å². The van der Waals surface area contributed by atoms with Gasteiger partial charge in [0.1, 0.15) is 5.75 Å². The summed E-state index contributed by atoms with van der Waals surface area (Å²) in [4.78, 5) is 6.20. The normalized spacial score (nSPS) is 17.2. The predicted octanol–water partition coefficient (Wildman–Crippen LogP) is 4.20. The van der Waals surface area contributed by atoms with E-state index < -0.39 is 22.1 Å². The molecule has 1 aliphatic heterocycles. The Labute approximate surface area is 190 Å². The maximum Gasteiger partial charge on any atom is 0.573 e. The first-order chi connectivity index (χ1) is 15.7. The number of likely N-dealkylation sites (tertiary alicyclic amines) is 1. The van der Waals surface area contributed by atoms with Crippen LogP contribution >= 0.6 is 0 Å². The van der Waals surface area contributed by atoms with Crippen molar-refractivity contribution in [2.24, 2.45) is 0 Å². The average molecular weight is 478 g/mol. The number of sulfonamides is 1. The van der Waals surface area contributed by atoms with Gasteiger partial charge in [-0.1, -0.05) is 36.4 Å². The quantitative estimate of drug-likeness (QED) is 0.552. The highest BCUT2D eigenvalue weighted by molar-refractivity contribution is 7.89. The minimum Gasteiger partial charge on any atom is -0.406 e. The fourth-order valence-corrected chi connectivity index (χ4v) is 5.07. The number of nitrogens with zero attached hydrogens (tertiary/aromatic N) is 2. The van der Waals surface area contributed by atoms with E-state index >= 15 is 0 Å². The number of nitrogens with one attached hydrogen (secondary N) is 1. The van der Waals surface area contributed by atoms with Gasteiger partial charge in [0, 0.05) is 43.5 Å². The van der Waals surface area contributed by atoms with Crippen LogP contribution in [-0.2, 0) is 16.6 Å². The summed E-state index contributed by atoms with van der Waals surface area (Å²) in [5.41, 5.74) is 3.00. The van der Waals surface area contributed by atoms with Crippen LogP contribution in [0.3, 0.4) is 0 Å². The van der Waals surface area contributed by atoms with Crippen LogP contribution in [-0.4, -0.2) is 43.8 Å². The first-order valence-electron chi connectivity index (χ1n) is 10.3. The molecule has 1 N–H and O–H groups in total. The van der Waals surface area contributed by atoms with Crippen molar-refractivity contribution in [3.63, 3.8) is 0 Å². The minimum atomic E-state index is -4.89. The Kier molecular flexibility index (Phi) is 6.68. The number of hydrogen-bond acceptors (Lipinski definition) is 5. The smallest absolute Gasteiger partial charge is 0.406 e. The number of rotatable bonds is 7. The first kappa shape index (κ1) is 23.2. The number of benzene rings is 2. The summed E-state index contributed by atoms with van der Waals surface area (Å²) in [6.45, 7) is 1.86. The Balaban J connectivity index is 1.35. The van der Waals surface area contributed by atoms with Crippen LogP contribution < -0.4 is 9.46 Å². The Morgan fingerprint density at radius 3 is 2.55 bits per heavy atom. The fraction of sp³-hybridized carbons (Fsp3) is 0.261. The van der Waals surface area contributed by atoms with Gasteiger partial charge in [-0.25, -0.2) is 13.1 Å². The van der Waals surface area contributed by atoms with Gasteiger partial charge in [-0.2, -0.15) is 0 Å². The molecule has 2 aromatic carbocycles. The molecule has 0 bridgehead atoms. The van der Waals surface area contributed by atoms with Crippen LogP contribution in [0, 0.1) is 0 Å². The second kappa shape index (κ2) is 9.50. The maximum atomic E-state index is 12.7. The van der Waals surface area contributed by atoms with Crippen LogP contribution in [0.5, 0.6) is 5.75 Å². The van der Waals surface area contributed by atoms with Gasteiger partial charge in [-0.3, -0.25) is 9.88 Å². The van der Waals surface area contributed by atoms with Gasteiger partial charge in [0.05, 0.1) is 10.6 Å². The number of alkyl halides is 3. The molecule has 0 aliphatic carbocycles. The highest BCUT2D eigenvalue weighted by atomic mass is 32.2. The van der Waals surface area contributed by atoms with Gasteiger partial charge in [-0.05, 0) is 36.2 Å². The zero-order valence-electron chi connectivity index (χ0n) is 17.5. The highest BCUT2D eigenvalue weighted by Crippen LogP contribution is 2.25. The van der Waals surface area contributed by atoms with Crippen molar-refractivity contribution >= 4 is 10.0 Å². The summed E-state index contributed by atoms with van der Waals surface area (Å²) >= 11 is 0. The number of aromatic nitrogens is 1. The van der Waals surface area contributed by atoms with Crippen molar-refractivity contribution in [3.8, 4) is 17.0 Å². The van der Waals surface area contributed by atoms with Crippen LogP contribution in [0.4, 0.5) is 13.2 Å².